The molecule has 2 aromatic rings. The summed E-state index contributed by atoms with van der Waals surface area (Å²) in [7, 11) is 1.67. The highest BCUT2D eigenvalue weighted by molar-refractivity contribution is 5.68. The average molecular weight is 339 g/mol. The fourth-order valence-corrected chi connectivity index (χ4v) is 3.03. The number of ether oxygens (including phenoxy) is 2. The monoisotopic (exact) mass is 339 g/mol. The lowest BCUT2D eigenvalue weighted by Gasteiger charge is -2.18. The van der Waals surface area contributed by atoms with Gasteiger partial charge in [-0.05, 0) is 44.0 Å². The number of aromatic nitrogens is 2. The fourth-order valence-electron chi connectivity index (χ4n) is 3.03. The summed E-state index contributed by atoms with van der Waals surface area (Å²) in [6, 6.07) is 9.96. The standard InChI is InChI=1S/C20H25N3O2/c1-4-25-18-10-11-23(14-18)20-12-15(2)21-19(22-20)9-8-16-6-5-7-17(13-16)24-3/h5-9,12-13,18H,4,10-11,14H2,1-3H3/b9-8+. The van der Waals surface area contributed by atoms with Crippen molar-refractivity contribution in [2.75, 3.05) is 31.7 Å². The molecule has 1 atom stereocenters. The molecule has 0 N–H and O–H groups in total. The van der Waals surface area contributed by atoms with E-state index >= 15 is 0 Å². The van der Waals surface area contributed by atoms with Crippen molar-refractivity contribution in [2.45, 2.75) is 26.4 Å². The molecule has 0 aliphatic carbocycles. The lowest BCUT2D eigenvalue weighted by molar-refractivity contribution is 0.0787. The van der Waals surface area contributed by atoms with E-state index in [2.05, 4.69) is 9.88 Å². The van der Waals surface area contributed by atoms with Crippen molar-refractivity contribution < 1.29 is 9.47 Å². The number of hydrogen-bond acceptors (Lipinski definition) is 5. The quantitative estimate of drug-likeness (QED) is 0.805. The number of hydrogen-bond donors (Lipinski definition) is 0. The van der Waals surface area contributed by atoms with E-state index < -0.39 is 0 Å². The van der Waals surface area contributed by atoms with Crippen LogP contribution >= 0.6 is 0 Å². The maximum absolute atomic E-state index is 5.73. The van der Waals surface area contributed by atoms with Gasteiger partial charge in [0.15, 0.2) is 5.82 Å². The van der Waals surface area contributed by atoms with Gasteiger partial charge in [-0.2, -0.15) is 0 Å². The molecule has 132 valence electrons. The van der Waals surface area contributed by atoms with Crippen LogP contribution < -0.4 is 9.64 Å². The van der Waals surface area contributed by atoms with Crippen LogP contribution in [0.15, 0.2) is 30.3 Å². The number of methoxy groups -OCH3 is 1. The van der Waals surface area contributed by atoms with Gasteiger partial charge in [-0.1, -0.05) is 18.2 Å². The first-order valence-corrected chi connectivity index (χ1v) is 8.72. The van der Waals surface area contributed by atoms with Crippen molar-refractivity contribution >= 4 is 18.0 Å². The van der Waals surface area contributed by atoms with Gasteiger partial charge < -0.3 is 14.4 Å². The van der Waals surface area contributed by atoms with Crippen molar-refractivity contribution in [1.29, 1.82) is 0 Å². The predicted octanol–water partition coefficient (Wildman–Crippen LogP) is 3.58. The molecule has 1 aromatic carbocycles. The maximum atomic E-state index is 5.73. The minimum Gasteiger partial charge on any atom is -0.497 e. The van der Waals surface area contributed by atoms with Gasteiger partial charge in [-0.15, -0.1) is 0 Å². The third-order valence-electron chi connectivity index (χ3n) is 4.25. The average Bonchev–Trinajstić information content (AvgIpc) is 3.09. The number of nitrogens with zero attached hydrogens (tertiary/aromatic N) is 3. The third-order valence-corrected chi connectivity index (χ3v) is 4.25. The molecule has 5 heteroatoms. The normalized spacial score (nSPS) is 17.4. The Morgan fingerprint density at radius 2 is 2.12 bits per heavy atom. The molecule has 0 radical (unpaired) electrons. The van der Waals surface area contributed by atoms with E-state index in [0.717, 1.165) is 54.8 Å². The molecular formula is C20H25N3O2. The van der Waals surface area contributed by atoms with E-state index in [-0.39, 0.29) is 0 Å². The molecule has 3 rings (SSSR count). The first-order chi connectivity index (χ1) is 12.2. The molecule has 25 heavy (non-hydrogen) atoms. The predicted molar refractivity (Wildman–Crippen MR) is 101 cm³/mol. The molecule has 0 bridgehead atoms. The Labute approximate surface area is 149 Å². The topological polar surface area (TPSA) is 47.5 Å². The molecule has 0 saturated carbocycles. The van der Waals surface area contributed by atoms with Gasteiger partial charge in [0.05, 0.1) is 13.2 Å². The molecule has 5 nitrogen and oxygen atoms in total. The van der Waals surface area contributed by atoms with Gasteiger partial charge >= 0.3 is 0 Å². The second-order valence-corrected chi connectivity index (χ2v) is 6.15. The van der Waals surface area contributed by atoms with Crippen molar-refractivity contribution in [2.24, 2.45) is 0 Å². The molecule has 1 unspecified atom stereocenters. The second-order valence-electron chi connectivity index (χ2n) is 6.15. The first-order valence-electron chi connectivity index (χ1n) is 8.72. The van der Waals surface area contributed by atoms with Gasteiger partial charge in [-0.25, -0.2) is 9.97 Å². The second kappa shape index (κ2) is 8.12. The van der Waals surface area contributed by atoms with Crippen LogP contribution in [-0.2, 0) is 4.74 Å². The van der Waals surface area contributed by atoms with Crippen molar-refractivity contribution in [3.8, 4) is 5.75 Å². The van der Waals surface area contributed by atoms with Crippen LogP contribution in [-0.4, -0.2) is 42.9 Å². The van der Waals surface area contributed by atoms with Crippen LogP contribution in [0, 0.1) is 6.92 Å². The van der Waals surface area contributed by atoms with E-state index in [1.165, 1.54) is 0 Å². The zero-order valence-corrected chi connectivity index (χ0v) is 15.1. The lowest BCUT2D eigenvalue weighted by Crippen LogP contribution is -2.24. The number of anilines is 1. The van der Waals surface area contributed by atoms with Crippen LogP contribution in [0.1, 0.15) is 30.4 Å². The third kappa shape index (κ3) is 4.57. The lowest BCUT2D eigenvalue weighted by atomic mass is 10.2. The highest BCUT2D eigenvalue weighted by atomic mass is 16.5. The smallest absolute Gasteiger partial charge is 0.154 e. The van der Waals surface area contributed by atoms with Gasteiger partial charge in [-0.3, -0.25) is 0 Å². The molecule has 1 saturated heterocycles. The highest BCUT2D eigenvalue weighted by Crippen LogP contribution is 2.21. The van der Waals surface area contributed by atoms with Gasteiger partial charge in [0.25, 0.3) is 0 Å². The summed E-state index contributed by atoms with van der Waals surface area (Å²) < 4.78 is 11.0. The summed E-state index contributed by atoms with van der Waals surface area (Å²) >= 11 is 0. The first kappa shape index (κ1) is 17.4. The van der Waals surface area contributed by atoms with E-state index in [1.807, 2.05) is 56.3 Å². The Balaban J connectivity index is 1.76. The van der Waals surface area contributed by atoms with E-state index in [9.17, 15) is 0 Å². The van der Waals surface area contributed by atoms with Crippen LogP contribution in [0.4, 0.5) is 5.82 Å². The molecule has 1 aliphatic rings. The van der Waals surface area contributed by atoms with Crippen molar-refractivity contribution in [1.82, 2.24) is 9.97 Å². The summed E-state index contributed by atoms with van der Waals surface area (Å²) in [5.41, 5.74) is 2.03. The Kier molecular flexibility index (Phi) is 5.66. The van der Waals surface area contributed by atoms with Crippen molar-refractivity contribution in [3.05, 3.63) is 47.4 Å². The summed E-state index contributed by atoms with van der Waals surface area (Å²) in [6.07, 6.45) is 5.30. The van der Waals surface area contributed by atoms with Gasteiger partial charge in [0.1, 0.15) is 11.6 Å². The molecule has 1 fully saturated rings. The minimum absolute atomic E-state index is 0.302. The maximum Gasteiger partial charge on any atom is 0.154 e. The number of benzene rings is 1. The summed E-state index contributed by atoms with van der Waals surface area (Å²) in [6.45, 7) is 6.67. The minimum atomic E-state index is 0.302. The van der Waals surface area contributed by atoms with Crippen LogP contribution in [0.5, 0.6) is 5.75 Å². The zero-order chi connectivity index (χ0) is 17.6. The van der Waals surface area contributed by atoms with E-state index in [0.29, 0.717) is 6.10 Å². The van der Waals surface area contributed by atoms with Crippen LogP contribution in [0.2, 0.25) is 0 Å². The number of rotatable bonds is 6. The van der Waals surface area contributed by atoms with Gasteiger partial charge in [0, 0.05) is 31.5 Å². The SMILES string of the molecule is CCOC1CCN(c2cc(C)nc(/C=C/c3cccc(OC)c3)n2)C1. The molecule has 2 heterocycles. The Hall–Kier alpha value is -2.40. The van der Waals surface area contributed by atoms with Gasteiger partial charge in [0.2, 0.25) is 0 Å². The van der Waals surface area contributed by atoms with Crippen LogP contribution in [0.3, 0.4) is 0 Å². The van der Waals surface area contributed by atoms with Crippen molar-refractivity contribution in [3.63, 3.8) is 0 Å². The summed E-state index contributed by atoms with van der Waals surface area (Å²) in [5, 5.41) is 0. The molecule has 1 aliphatic heterocycles. The highest BCUT2D eigenvalue weighted by Gasteiger charge is 2.24. The largest absolute Gasteiger partial charge is 0.497 e. The van der Waals surface area contributed by atoms with Crippen LogP contribution in [0.25, 0.3) is 12.2 Å². The zero-order valence-electron chi connectivity index (χ0n) is 15.1. The Morgan fingerprint density at radius 3 is 2.92 bits per heavy atom. The van der Waals surface area contributed by atoms with E-state index in [1.54, 1.807) is 7.11 Å². The fraction of sp³-hybridized carbons (Fsp3) is 0.400. The number of aryl methyl sites for hydroxylation is 1. The summed E-state index contributed by atoms with van der Waals surface area (Å²) in [4.78, 5) is 11.5. The molecule has 1 aromatic heterocycles. The Bertz CT molecular complexity index is 745. The van der Waals surface area contributed by atoms with E-state index in [4.69, 9.17) is 14.5 Å². The summed E-state index contributed by atoms with van der Waals surface area (Å²) in [5.74, 6) is 2.53. The molecule has 0 spiro atoms. The Morgan fingerprint density at radius 1 is 1.24 bits per heavy atom. The molecule has 0 amide bonds. The molecular weight excluding hydrogens is 314 g/mol.